The van der Waals surface area contributed by atoms with Crippen molar-refractivity contribution in [2.75, 3.05) is 26.2 Å². The highest BCUT2D eigenvalue weighted by Crippen LogP contribution is 2.32. The number of halogens is 1. The van der Waals surface area contributed by atoms with E-state index in [4.69, 9.17) is 16.6 Å². The quantitative estimate of drug-likeness (QED) is 0.454. The van der Waals surface area contributed by atoms with Crippen molar-refractivity contribution >= 4 is 45.7 Å². The predicted molar refractivity (Wildman–Crippen MR) is 130 cm³/mol. The van der Waals surface area contributed by atoms with Gasteiger partial charge in [0.25, 0.3) is 11.8 Å². The molecular weight excluding hydrogens is 458 g/mol. The van der Waals surface area contributed by atoms with Gasteiger partial charge in [-0.3, -0.25) is 9.59 Å². The number of aromatic nitrogens is 1. The Morgan fingerprint density at radius 2 is 1.48 bits per heavy atom. The first kappa shape index (κ1) is 21.4. The van der Waals surface area contributed by atoms with Gasteiger partial charge in [-0.2, -0.15) is 0 Å². The molecule has 0 bridgehead atoms. The van der Waals surface area contributed by atoms with E-state index in [9.17, 15) is 14.7 Å². The minimum absolute atomic E-state index is 0.0366. The van der Waals surface area contributed by atoms with Crippen molar-refractivity contribution in [2.45, 2.75) is 0 Å². The number of fused-ring (bicyclic) bond motifs is 1. The molecular formula is C25H20ClN3O3S. The zero-order valence-corrected chi connectivity index (χ0v) is 19.1. The lowest BCUT2D eigenvalue weighted by molar-refractivity contribution is 0.0534. The summed E-state index contributed by atoms with van der Waals surface area (Å²) in [5.41, 5.74) is 2.32. The second-order valence-corrected chi connectivity index (χ2v) is 9.49. The van der Waals surface area contributed by atoms with Gasteiger partial charge >= 0.3 is 0 Å². The summed E-state index contributed by atoms with van der Waals surface area (Å²) in [5, 5.41) is 10.8. The molecule has 0 radical (unpaired) electrons. The molecule has 2 aromatic heterocycles. The maximum absolute atomic E-state index is 13.5. The van der Waals surface area contributed by atoms with Crippen LogP contribution in [-0.2, 0) is 0 Å². The molecule has 3 heterocycles. The van der Waals surface area contributed by atoms with Crippen LogP contribution < -0.4 is 0 Å². The number of phenolic OH excluding ortho intramolecular Hbond substituents is 1. The number of benzene rings is 2. The number of rotatable bonds is 3. The van der Waals surface area contributed by atoms with Gasteiger partial charge in [-0.15, -0.1) is 11.3 Å². The number of hydrogen-bond acceptors (Lipinski definition) is 5. The first-order chi connectivity index (χ1) is 16.0. The summed E-state index contributed by atoms with van der Waals surface area (Å²) in [4.78, 5) is 35.4. The van der Waals surface area contributed by atoms with Crippen molar-refractivity contribution in [2.24, 2.45) is 0 Å². The van der Waals surface area contributed by atoms with E-state index in [0.717, 1.165) is 15.8 Å². The molecule has 0 atom stereocenters. The van der Waals surface area contributed by atoms with Crippen LogP contribution >= 0.6 is 22.9 Å². The van der Waals surface area contributed by atoms with Crippen LogP contribution in [0.1, 0.15) is 20.7 Å². The van der Waals surface area contributed by atoms with Crippen LogP contribution in [0.2, 0.25) is 4.34 Å². The topological polar surface area (TPSA) is 73.7 Å². The van der Waals surface area contributed by atoms with Crippen molar-refractivity contribution in [3.05, 3.63) is 82.2 Å². The van der Waals surface area contributed by atoms with Crippen molar-refractivity contribution in [3.63, 3.8) is 0 Å². The molecule has 6 nitrogen and oxygen atoms in total. The first-order valence-corrected chi connectivity index (χ1v) is 11.7. The van der Waals surface area contributed by atoms with E-state index in [1.54, 1.807) is 28.0 Å². The number of piperazine rings is 1. The lowest BCUT2D eigenvalue weighted by Crippen LogP contribution is -2.50. The molecule has 0 unspecified atom stereocenters. The summed E-state index contributed by atoms with van der Waals surface area (Å²) in [6.45, 7) is 1.62. The van der Waals surface area contributed by atoms with E-state index >= 15 is 0 Å². The second kappa shape index (κ2) is 8.84. The van der Waals surface area contributed by atoms with E-state index in [0.29, 0.717) is 41.8 Å². The van der Waals surface area contributed by atoms with Gasteiger partial charge in [-0.25, -0.2) is 4.98 Å². The van der Waals surface area contributed by atoms with Crippen LogP contribution in [0.3, 0.4) is 0 Å². The Labute approximate surface area is 199 Å². The third-order valence-corrected chi connectivity index (χ3v) is 7.01. The standard InChI is InChI=1S/C25H20ClN3O3S/c26-23-10-9-22(33-23)20-15-18(16-5-1-3-7-19(16)27-20)25(32)29-13-11-28(12-14-29)24(31)17-6-2-4-8-21(17)30/h1-10,15,30H,11-14H2. The van der Waals surface area contributed by atoms with Gasteiger partial charge in [0.05, 0.1) is 31.6 Å². The van der Waals surface area contributed by atoms with Crippen molar-refractivity contribution in [1.82, 2.24) is 14.8 Å². The number of thiophene rings is 1. The smallest absolute Gasteiger partial charge is 0.257 e. The summed E-state index contributed by atoms with van der Waals surface area (Å²) in [7, 11) is 0. The fraction of sp³-hybridized carbons (Fsp3) is 0.160. The third-order valence-electron chi connectivity index (χ3n) is 5.76. The Kier molecular flexibility index (Phi) is 5.74. The largest absolute Gasteiger partial charge is 0.507 e. The maximum Gasteiger partial charge on any atom is 0.257 e. The van der Waals surface area contributed by atoms with E-state index < -0.39 is 0 Å². The highest BCUT2D eigenvalue weighted by atomic mass is 35.5. The number of para-hydroxylation sites is 2. The van der Waals surface area contributed by atoms with Crippen LogP contribution in [0.4, 0.5) is 0 Å². The van der Waals surface area contributed by atoms with Crippen molar-refractivity contribution in [3.8, 4) is 16.3 Å². The molecule has 1 N–H and O–H groups in total. The molecule has 166 valence electrons. The second-order valence-electron chi connectivity index (χ2n) is 7.78. The molecule has 33 heavy (non-hydrogen) atoms. The number of carbonyl (C=O) groups is 2. The third kappa shape index (κ3) is 4.17. The Morgan fingerprint density at radius 3 is 2.15 bits per heavy atom. The summed E-state index contributed by atoms with van der Waals surface area (Å²) >= 11 is 7.53. The lowest BCUT2D eigenvalue weighted by atomic mass is 10.0. The molecule has 2 amide bonds. The fourth-order valence-corrected chi connectivity index (χ4v) is 5.04. The van der Waals surface area contributed by atoms with E-state index in [1.807, 2.05) is 42.5 Å². The Hall–Kier alpha value is -3.42. The minimum atomic E-state index is -0.230. The molecule has 1 fully saturated rings. The molecule has 8 heteroatoms. The Morgan fingerprint density at radius 1 is 0.848 bits per heavy atom. The normalized spacial score (nSPS) is 14.0. The van der Waals surface area contributed by atoms with Crippen LogP contribution in [0.5, 0.6) is 5.75 Å². The Balaban J connectivity index is 1.39. The zero-order chi connectivity index (χ0) is 22.9. The monoisotopic (exact) mass is 477 g/mol. The summed E-state index contributed by atoms with van der Waals surface area (Å²) in [6, 6.07) is 19.7. The molecule has 1 aliphatic rings. The molecule has 1 aliphatic heterocycles. The lowest BCUT2D eigenvalue weighted by Gasteiger charge is -2.35. The Bertz CT molecular complexity index is 1360. The van der Waals surface area contributed by atoms with E-state index in [1.165, 1.54) is 17.4 Å². The van der Waals surface area contributed by atoms with Crippen LogP contribution in [0.25, 0.3) is 21.5 Å². The number of pyridine rings is 1. The van der Waals surface area contributed by atoms with Gasteiger partial charge in [-0.05, 0) is 36.4 Å². The number of hydrogen-bond donors (Lipinski definition) is 1. The van der Waals surface area contributed by atoms with Gasteiger partial charge in [0, 0.05) is 31.6 Å². The van der Waals surface area contributed by atoms with Gasteiger partial charge in [0.1, 0.15) is 5.75 Å². The van der Waals surface area contributed by atoms with Crippen molar-refractivity contribution < 1.29 is 14.7 Å². The molecule has 2 aromatic carbocycles. The van der Waals surface area contributed by atoms with Crippen LogP contribution in [0.15, 0.2) is 66.7 Å². The summed E-state index contributed by atoms with van der Waals surface area (Å²) in [5.74, 6) is -0.357. The van der Waals surface area contributed by atoms with Gasteiger partial charge in [0.2, 0.25) is 0 Å². The maximum atomic E-state index is 13.5. The average Bonchev–Trinajstić information content (AvgIpc) is 3.29. The van der Waals surface area contributed by atoms with Crippen molar-refractivity contribution in [1.29, 1.82) is 0 Å². The zero-order valence-electron chi connectivity index (χ0n) is 17.6. The summed E-state index contributed by atoms with van der Waals surface area (Å²) < 4.78 is 0.665. The molecule has 0 saturated carbocycles. The van der Waals surface area contributed by atoms with Crippen LogP contribution in [-0.4, -0.2) is 57.9 Å². The molecule has 0 spiro atoms. The van der Waals surface area contributed by atoms with E-state index in [2.05, 4.69) is 0 Å². The highest BCUT2D eigenvalue weighted by molar-refractivity contribution is 7.19. The number of nitrogens with zero attached hydrogens (tertiary/aromatic N) is 3. The molecule has 1 saturated heterocycles. The number of aromatic hydroxyl groups is 1. The molecule has 0 aliphatic carbocycles. The highest BCUT2D eigenvalue weighted by Gasteiger charge is 2.28. The first-order valence-electron chi connectivity index (χ1n) is 10.5. The van der Waals surface area contributed by atoms with Gasteiger partial charge in [0.15, 0.2) is 0 Å². The minimum Gasteiger partial charge on any atom is -0.507 e. The van der Waals surface area contributed by atoms with Gasteiger partial charge in [-0.1, -0.05) is 41.9 Å². The number of amides is 2. The molecule has 4 aromatic rings. The average molecular weight is 478 g/mol. The number of carbonyl (C=O) groups excluding carboxylic acids is 2. The predicted octanol–water partition coefficient (Wildman–Crippen LogP) is 4.92. The fourth-order valence-electron chi connectivity index (χ4n) is 4.04. The van der Waals surface area contributed by atoms with Gasteiger partial charge < -0.3 is 14.9 Å². The van der Waals surface area contributed by atoms with E-state index in [-0.39, 0.29) is 23.1 Å². The number of phenols is 1. The molecule has 5 rings (SSSR count). The SMILES string of the molecule is O=C(c1ccccc1O)N1CCN(C(=O)c2cc(-c3ccc(Cl)s3)nc3ccccc23)CC1. The van der Waals surface area contributed by atoms with Crippen LogP contribution in [0, 0.1) is 0 Å². The summed E-state index contributed by atoms with van der Waals surface area (Å²) in [6.07, 6.45) is 0.